The summed E-state index contributed by atoms with van der Waals surface area (Å²) in [4.78, 5) is 11.1. The molecule has 0 atom stereocenters. The molecule has 0 heterocycles. The van der Waals surface area contributed by atoms with Gasteiger partial charge in [0.2, 0.25) is 0 Å². The topological polar surface area (TPSA) is 37.3 Å². The van der Waals surface area contributed by atoms with Crippen LogP contribution in [0.3, 0.4) is 0 Å². The maximum absolute atomic E-state index is 13.9. The van der Waals surface area contributed by atoms with Crippen LogP contribution < -0.4 is 0 Å². The molecule has 0 fully saturated rings. The molecule has 0 amide bonds. The molecule has 0 bridgehead atoms. The minimum Gasteiger partial charge on any atom is -0.478 e. The molecule has 0 unspecified atom stereocenters. The van der Waals surface area contributed by atoms with E-state index in [1.807, 2.05) is 0 Å². The Kier molecular flexibility index (Phi) is 3.47. The van der Waals surface area contributed by atoms with Crippen LogP contribution in [0.5, 0.6) is 0 Å². The average molecular weight is 256 g/mol. The Morgan fingerprint density at radius 2 is 2.00 bits per heavy atom. The maximum atomic E-state index is 13.9. The van der Waals surface area contributed by atoms with Crippen molar-refractivity contribution in [2.45, 2.75) is 6.92 Å². The van der Waals surface area contributed by atoms with Gasteiger partial charge in [0.1, 0.15) is 5.82 Å². The van der Waals surface area contributed by atoms with Crippen LogP contribution in [0.1, 0.15) is 21.5 Å². The Hall–Kier alpha value is -2.42. The van der Waals surface area contributed by atoms with Gasteiger partial charge >= 0.3 is 5.97 Å². The minimum atomic E-state index is -1.04. The van der Waals surface area contributed by atoms with Gasteiger partial charge in [0.25, 0.3) is 0 Å². The molecule has 2 rings (SSSR count). The Morgan fingerprint density at radius 3 is 2.58 bits per heavy atom. The molecule has 2 aromatic carbocycles. The summed E-state index contributed by atoms with van der Waals surface area (Å²) in [5.74, 6) is -1.41. The predicted octanol–water partition coefficient (Wildman–Crippen LogP) is 4.14. The van der Waals surface area contributed by atoms with Crippen molar-refractivity contribution in [1.82, 2.24) is 0 Å². The first-order valence-corrected chi connectivity index (χ1v) is 5.78. The lowest BCUT2D eigenvalue weighted by Gasteiger charge is -2.07. The molecule has 0 saturated carbocycles. The Balaban J connectivity index is 2.64. The van der Waals surface area contributed by atoms with E-state index in [1.54, 1.807) is 31.2 Å². The third-order valence-electron chi connectivity index (χ3n) is 2.87. The summed E-state index contributed by atoms with van der Waals surface area (Å²) >= 11 is 0. The van der Waals surface area contributed by atoms with E-state index in [0.29, 0.717) is 16.7 Å². The van der Waals surface area contributed by atoms with E-state index in [0.717, 1.165) is 5.56 Å². The maximum Gasteiger partial charge on any atom is 0.335 e. The average Bonchev–Trinajstić information content (AvgIpc) is 2.38. The molecular formula is C16H13FO2. The highest BCUT2D eigenvalue weighted by Gasteiger charge is 2.10. The summed E-state index contributed by atoms with van der Waals surface area (Å²) in [6.45, 7) is 5.42. The zero-order chi connectivity index (χ0) is 14.0. The number of carbonyl (C=O) groups is 1. The first kappa shape index (κ1) is 13.0. The van der Waals surface area contributed by atoms with E-state index < -0.39 is 5.97 Å². The molecule has 0 saturated heterocycles. The summed E-state index contributed by atoms with van der Waals surface area (Å²) in [6.07, 6.45) is 1.54. The summed E-state index contributed by atoms with van der Waals surface area (Å²) in [5, 5.41) is 9.06. The zero-order valence-corrected chi connectivity index (χ0v) is 10.5. The van der Waals surface area contributed by atoms with Crippen LogP contribution >= 0.6 is 0 Å². The van der Waals surface area contributed by atoms with Crippen molar-refractivity contribution < 1.29 is 14.3 Å². The molecule has 0 aliphatic carbocycles. The molecule has 0 aliphatic heterocycles. The fraction of sp³-hybridized carbons (Fsp3) is 0.0625. The summed E-state index contributed by atoms with van der Waals surface area (Å²) in [5.41, 5.74) is 2.51. The standard InChI is InChI=1S/C16H13FO2/c1-3-11-7-12(9-13(8-11)16(18)19)14-5-4-10(2)6-15(14)17/h3-9H,1H2,2H3,(H,18,19). The number of rotatable bonds is 3. The Bertz CT molecular complexity index is 660. The third kappa shape index (κ3) is 2.71. The number of aryl methyl sites for hydroxylation is 1. The second-order valence-electron chi connectivity index (χ2n) is 4.34. The largest absolute Gasteiger partial charge is 0.478 e. The fourth-order valence-electron chi connectivity index (χ4n) is 1.90. The number of carboxylic acid groups (broad SMARTS) is 1. The first-order valence-electron chi connectivity index (χ1n) is 5.78. The van der Waals surface area contributed by atoms with Gasteiger partial charge in [-0.05, 0) is 47.9 Å². The zero-order valence-electron chi connectivity index (χ0n) is 10.5. The van der Waals surface area contributed by atoms with Crippen molar-refractivity contribution in [2.24, 2.45) is 0 Å². The lowest BCUT2D eigenvalue weighted by atomic mass is 9.98. The van der Waals surface area contributed by atoms with Crippen LogP contribution in [0.4, 0.5) is 4.39 Å². The highest BCUT2D eigenvalue weighted by Crippen LogP contribution is 2.26. The first-order chi connectivity index (χ1) is 9.01. The van der Waals surface area contributed by atoms with Crippen molar-refractivity contribution in [1.29, 1.82) is 0 Å². The monoisotopic (exact) mass is 256 g/mol. The summed E-state index contributed by atoms with van der Waals surface area (Å²) in [7, 11) is 0. The van der Waals surface area contributed by atoms with E-state index in [4.69, 9.17) is 5.11 Å². The van der Waals surface area contributed by atoms with Crippen molar-refractivity contribution in [3.63, 3.8) is 0 Å². The molecular weight excluding hydrogens is 243 g/mol. The molecule has 0 aromatic heterocycles. The molecule has 2 aromatic rings. The fourth-order valence-corrected chi connectivity index (χ4v) is 1.90. The van der Waals surface area contributed by atoms with Crippen molar-refractivity contribution in [3.8, 4) is 11.1 Å². The lowest BCUT2D eigenvalue weighted by Crippen LogP contribution is -1.98. The lowest BCUT2D eigenvalue weighted by molar-refractivity contribution is 0.0697. The second-order valence-corrected chi connectivity index (χ2v) is 4.34. The number of aromatic carboxylic acids is 1. The van der Waals surface area contributed by atoms with Gasteiger partial charge in [-0.15, -0.1) is 0 Å². The Labute approximate surface area is 110 Å². The number of benzene rings is 2. The van der Waals surface area contributed by atoms with Gasteiger partial charge in [-0.25, -0.2) is 9.18 Å². The van der Waals surface area contributed by atoms with Gasteiger partial charge in [0.05, 0.1) is 5.56 Å². The van der Waals surface area contributed by atoms with Crippen molar-refractivity contribution >= 4 is 12.0 Å². The van der Waals surface area contributed by atoms with Gasteiger partial charge in [-0.3, -0.25) is 0 Å². The van der Waals surface area contributed by atoms with Gasteiger partial charge in [-0.2, -0.15) is 0 Å². The molecule has 0 aliphatic rings. The van der Waals surface area contributed by atoms with Gasteiger partial charge in [0.15, 0.2) is 0 Å². The highest BCUT2D eigenvalue weighted by molar-refractivity contribution is 5.90. The molecule has 0 spiro atoms. The summed E-state index contributed by atoms with van der Waals surface area (Å²) < 4.78 is 13.9. The summed E-state index contributed by atoms with van der Waals surface area (Å²) in [6, 6.07) is 9.55. The number of hydrogen-bond donors (Lipinski definition) is 1. The predicted molar refractivity (Wildman–Crippen MR) is 73.6 cm³/mol. The number of halogens is 1. The molecule has 0 radical (unpaired) electrons. The second kappa shape index (κ2) is 5.06. The van der Waals surface area contributed by atoms with E-state index in [1.165, 1.54) is 18.2 Å². The van der Waals surface area contributed by atoms with E-state index in [9.17, 15) is 9.18 Å². The third-order valence-corrected chi connectivity index (χ3v) is 2.87. The van der Waals surface area contributed by atoms with Crippen LogP contribution in [0.15, 0.2) is 43.0 Å². The van der Waals surface area contributed by atoms with Crippen molar-refractivity contribution in [3.05, 3.63) is 65.5 Å². The Morgan fingerprint density at radius 1 is 1.26 bits per heavy atom. The number of carboxylic acids is 1. The van der Waals surface area contributed by atoms with E-state index >= 15 is 0 Å². The van der Waals surface area contributed by atoms with Crippen LogP contribution in [0, 0.1) is 12.7 Å². The van der Waals surface area contributed by atoms with Gasteiger partial charge < -0.3 is 5.11 Å². The SMILES string of the molecule is C=Cc1cc(C(=O)O)cc(-c2ccc(C)cc2F)c1. The van der Waals surface area contributed by atoms with E-state index in [2.05, 4.69) is 6.58 Å². The van der Waals surface area contributed by atoms with Gasteiger partial charge in [-0.1, -0.05) is 24.8 Å². The molecule has 2 nitrogen and oxygen atoms in total. The van der Waals surface area contributed by atoms with Gasteiger partial charge in [0, 0.05) is 5.56 Å². The molecule has 3 heteroatoms. The number of hydrogen-bond acceptors (Lipinski definition) is 1. The smallest absolute Gasteiger partial charge is 0.335 e. The van der Waals surface area contributed by atoms with Crippen LogP contribution in [0.2, 0.25) is 0 Å². The van der Waals surface area contributed by atoms with E-state index in [-0.39, 0.29) is 11.4 Å². The molecule has 19 heavy (non-hydrogen) atoms. The normalized spacial score (nSPS) is 10.2. The molecule has 1 N–H and O–H groups in total. The quantitative estimate of drug-likeness (QED) is 0.896. The minimum absolute atomic E-state index is 0.118. The van der Waals surface area contributed by atoms with Crippen LogP contribution in [0.25, 0.3) is 17.2 Å². The molecule has 96 valence electrons. The van der Waals surface area contributed by atoms with Crippen molar-refractivity contribution in [2.75, 3.05) is 0 Å². The van der Waals surface area contributed by atoms with Crippen LogP contribution in [-0.2, 0) is 0 Å². The van der Waals surface area contributed by atoms with Crippen LogP contribution in [-0.4, -0.2) is 11.1 Å². The highest BCUT2D eigenvalue weighted by atomic mass is 19.1.